The molecule has 0 radical (unpaired) electrons. The molecule has 0 aliphatic rings. The van der Waals surface area contributed by atoms with Gasteiger partial charge in [-0.1, -0.05) is 51.2 Å². The van der Waals surface area contributed by atoms with E-state index < -0.39 is 5.60 Å². The Hall–Kier alpha value is -0.560. The van der Waals surface area contributed by atoms with Gasteiger partial charge in [0.2, 0.25) is 0 Å². The number of allylic oxidation sites excluding steroid dienone is 3. The summed E-state index contributed by atoms with van der Waals surface area (Å²) in [4.78, 5) is 0. The molecule has 0 fully saturated rings. The molecule has 0 unspecified atom stereocenters. The maximum atomic E-state index is 9.89. The summed E-state index contributed by atoms with van der Waals surface area (Å²) in [6, 6.07) is 0. The molecule has 18 heavy (non-hydrogen) atoms. The molecule has 1 N–H and O–H groups in total. The summed E-state index contributed by atoms with van der Waals surface area (Å²) < 4.78 is 0. The topological polar surface area (TPSA) is 20.2 Å². The van der Waals surface area contributed by atoms with Crippen molar-refractivity contribution in [1.29, 1.82) is 0 Å². The molecule has 1 heteroatoms. The van der Waals surface area contributed by atoms with E-state index in [1.165, 1.54) is 44.1 Å². The molecule has 0 rings (SSSR count). The Labute approximate surface area is 114 Å². The molecule has 106 valence electrons. The SMILES string of the molecule is CCCCCCCCC=CC(C)=C(C)C(C)(C)O. The van der Waals surface area contributed by atoms with Crippen molar-refractivity contribution in [2.75, 3.05) is 0 Å². The van der Waals surface area contributed by atoms with Gasteiger partial charge >= 0.3 is 0 Å². The fourth-order valence-corrected chi connectivity index (χ4v) is 1.91. The number of aliphatic hydroxyl groups is 1. The number of rotatable bonds is 9. The Kier molecular flexibility index (Phi) is 9.09. The first-order chi connectivity index (χ1) is 8.39. The second-order valence-corrected chi connectivity index (χ2v) is 5.83. The molecule has 0 aliphatic heterocycles. The smallest absolute Gasteiger partial charge is 0.0803 e. The van der Waals surface area contributed by atoms with Gasteiger partial charge in [0.05, 0.1) is 5.60 Å². The largest absolute Gasteiger partial charge is 0.386 e. The summed E-state index contributed by atoms with van der Waals surface area (Å²) in [5.41, 5.74) is 1.55. The van der Waals surface area contributed by atoms with E-state index in [0.717, 1.165) is 12.0 Å². The summed E-state index contributed by atoms with van der Waals surface area (Å²) in [5, 5.41) is 9.89. The Balaban J connectivity index is 3.83. The maximum absolute atomic E-state index is 9.89. The summed E-state index contributed by atoms with van der Waals surface area (Å²) in [7, 11) is 0. The highest BCUT2D eigenvalue weighted by atomic mass is 16.3. The second-order valence-electron chi connectivity index (χ2n) is 5.83. The highest BCUT2D eigenvalue weighted by molar-refractivity contribution is 5.27. The summed E-state index contributed by atoms with van der Waals surface area (Å²) in [6.07, 6.45) is 13.6. The van der Waals surface area contributed by atoms with Crippen molar-refractivity contribution in [2.24, 2.45) is 0 Å². The van der Waals surface area contributed by atoms with E-state index in [9.17, 15) is 5.11 Å². The maximum Gasteiger partial charge on any atom is 0.0803 e. The molecular formula is C17H32O. The number of hydrogen-bond donors (Lipinski definition) is 1. The standard InChI is InChI=1S/C17H32O/c1-6-7-8-9-10-11-12-13-14-15(2)16(3)17(4,5)18/h13-14,18H,6-12H2,1-5H3. The molecule has 0 saturated carbocycles. The van der Waals surface area contributed by atoms with Crippen LogP contribution in [-0.2, 0) is 0 Å². The Bertz CT molecular complexity index is 266. The lowest BCUT2D eigenvalue weighted by molar-refractivity contribution is 0.119. The Morgan fingerprint density at radius 3 is 2.11 bits per heavy atom. The zero-order valence-corrected chi connectivity index (χ0v) is 13.1. The van der Waals surface area contributed by atoms with Crippen LogP contribution in [-0.4, -0.2) is 10.7 Å². The fourth-order valence-electron chi connectivity index (χ4n) is 1.91. The molecule has 0 saturated heterocycles. The average Bonchev–Trinajstić information content (AvgIpc) is 2.30. The number of hydrogen-bond acceptors (Lipinski definition) is 1. The van der Waals surface area contributed by atoms with Crippen LogP contribution in [0.2, 0.25) is 0 Å². The lowest BCUT2D eigenvalue weighted by atomic mass is 9.95. The van der Waals surface area contributed by atoms with Gasteiger partial charge in [-0.3, -0.25) is 0 Å². The van der Waals surface area contributed by atoms with Crippen molar-refractivity contribution in [3.63, 3.8) is 0 Å². The average molecular weight is 252 g/mol. The van der Waals surface area contributed by atoms with E-state index in [1.54, 1.807) is 0 Å². The third-order valence-electron chi connectivity index (χ3n) is 3.60. The molecule has 0 aliphatic carbocycles. The third-order valence-corrected chi connectivity index (χ3v) is 3.60. The van der Waals surface area contributed by atoms with Gasteiger partial charge in [-0.25, -0.2) is 0 Å². The summed E-state index contributed by atoms with van der Waals surface area (Å²) in [5.74, 6) is 0. The van der Waals surface area contributed by atoms with Gasteiger partial charge in [-0.05, 0) is 51.7 Å². The van der Waals surface area contributed by atoms with Gasteiger partial charge < -0.3 is 5.11 Å². The first-order valence-electron chi connectivity index (χ1n) is 7.46. The molecule has 1 nitrogen and oxygen atoms in total. The molecule has 0 amide bonds. The fraction of sp³-hybridized carbons (Fsp3) is 0.765. The van der Waals surface area contributed by atoms with Crippen molar-refractivity contribution < 1.29 is 5.11 Å². The van der Waals surface area contributed by atoms with Crippen molar-refractivity contribution in [1.82, 2.24) is 0 Å². The minimum Gasteiger partial charge on any atom is -0.386 e. The third kappa shape index (κ3) is 8.52. The molecule has 0 aromatic carbocycles. The number of unbranched alkanes of at least 4 members (excludes halogenated alkanes) is 6. The van der Waals surface area contributed by atoms with Crippen molar-refractivity contribution in [3.05, 3.63) is 23.3 Å². The minimum absolute atomic E-state index is 0.700. The lowest BCUT2D eigenvalue weighted by Gasteiger charge is -2.20. The quantitative estimate of drug-likeness (QED) is 0.430. The predicted octanol–water partition coefficient (Wildman–Crippen LogP) is 5.40. The van der Waals surface area contributed by atoms with Gasteiger partial charge in [0.25, 0.3) is 0 Å². The first kappa shape index (κ1) is 17.4. The van der Waals surface area contributed by atoms with Gasteiger partial charge in [0.15, 0.2) is 0 Å². The zero-order valence-electron chi connectivity index (χ0n) is 13.1. The van der Waals surface area contributed by atoms with Crippen molar-refractivity contribution in [3.8, 4) is 0 Å². The van der Waals surface area contributed by atoms with E-state index in [4.69, 9.17) is 0 Å². The molecule has 0 aromatic heterocycles. The summed E-state index contributed by atoms with van der Waals surface area (Å²) in [6.45, 7) is 10.0. The van der Waals surface area contributed by atoms with Gasteiger partial charge in [-0.2, -0.15) is 0 Å². The molecule has 0 aromatic rings. The van der Waals surface area contributed by atoms with Gasteiger partial charge in [0.1, 0.15) is 0 Å². The van der Waals surface area contributed by atoms with E-state index in [1.807, 2.05) is 20.8 Å². The monoisotopic (exact) mass is 252 g/mol. The van der Waals surface area contributed by atoms with Gasteiger partial charge in [0, 0.05) is 0 Å². The van der Waals surface area contributed by atoms with Crippen LogP contribution in [0, 0.1) is 0 Å². The first-order valence-corrected chi connectivity index (χ1v) is 7.46. The van der Waals surface area contributed by atoms with Crippen LogP contribution in [0.4, 0.5) is 0 Å². The van der Waals surface area contributed by atoms with E-state index in [0.29, 0.717) is 0 Å². The molecular weight excluding hydrogens is 220 g/mol. The minimum atomic E-state index is -0.700. The molecule has 0 spiro atoms. The molecule has 0 atom stereocenters. The second kappa shape index (κ2) is 9.38. The Morgan fingerprint density at radius 2 is 1.56 bits per heavy atom. The zero-order chi connectivity index (χ0) is 14.0. The van der Waals surface area contributed by atoms with Crippen LogP contribution in [0.5, 0.6) is 0 Å². The van der Waals surface area contributed by atoms with Crippen molar-refractivity contribution >= 4 is 0 Å². The normalized spacial score (nSPS) is 14.1. The molecule has 0 bridgehead atoms. The predicted molar refractivity (Wildman–Crippen MR) is 81.8 cm³/mol. The van der Waals surface area contributed by atoms with Gasteiger partial charge in [-0.15, -0.1) is 0 Å². The van der Waals surface area contributed by atoms with Crippen LogP contribution < -0.4 is 0 Å². The highest BCUT2D eigenvalue weighted by Crippen LogP contribution is 2.19. The van der Waals surface area contributed by atoms with E-state index >= 15 is 0 Å². The summed E-state index contributed by atoms with van der Waals surface area (Å²) >= 11 is 0. The van der Waals surface area contributed by atoms with Crippen LogP contribution in [0.3, 0.4) is 0 Å². The van der Waals surface area contributed by atoms with E-state index in [-0.39, 0.29) is 0 Å². The molecule has 0 heterocycles. The van der Waals surface area contributed by atoms with Crippen molar-refractivity contribution in [2.45, 2.75) is 85.2 Å². The highest BCUT2D eigenvalue weighted by Gasteiger charge is 2.15. The lowest BCUT2D eigenvalue weighted by Crippen LogP contribution is -2.20. The van der Waals surface area contributed by atoms with Crippen LogP contribution >= 0.6 is 0 Å². The Morgan fingerprint density at radius 1 is 1.00 bits per heavy atom. The van der Waals surface area contributed by atoms with Crippen LogP contribution in [0.1, 0.15) is 79.6 Å². The van der Waals surface area contributed by atoms with E-state index in [2.05, 4.69) is 26.0 Å². The van der Waals surface area contributed by atoms with Crippen LogP contribution in [0.15, 0.2) is 23.3 Å². The van der Waals surface area contributed by atoms with Crippen LogP contribution in [0.25, 0.3) is 0 Å².